The third kappa shape index (κ3) is 6.92. The van der Waals surface area contributed by atoms with Crippen molar-refractivity contribution in [1.82, 2.24) is 0 Å². The molecule has 35 heavy (non-hydrogen) atoms. The van der Waals surface area contributed by atoms with Crippen LogP contribution in [0.1, 0.15) is 44.7 Å². The third-order valence-corrected chi connectivity index (χ3v) is 5.69. The number of aryl methyl sites for hydroxylation is 1. The summed E-state index contributed by atoms with van der Waals surface area (Å²) in [6.07, 6.45) is 2.09. The van der Waals surface area contributed by atoms with Crippen molar-refractivity contribution in [3.8, 4) is 34.1 Å². The maximum absolute atomic E-state index is 11.2. The van der Waals surface area contributed by atoms with Gasteiger partial charge in [-0.05, 0) is 49.1 Å². The van der Waals surface area contributed by atoms with Crippen LogP contribution in [0.3, 0.4) is 0 Å². The van der Waals surface area contributed by atoms with Crippen LogP contribution in [0.15, 0.2) is 60.7 Å². The van der Waals surface area contributed by atoms with Crippen molar-refractivity contribution in [2.24, 2.45) is 0 Å². The molecule has 0 aliphatic rings. The normalized spacial score (nSPS) is 11.6. The van der Waals surface area contributed by atoms with Crippen LogP contribution in [0.5, 0.6) is 23.0 Å². The molecule has 1 unspecified atom stereocenters. The zero-order valence-corrected chi connectivity index (χ0v) is 20.6. The summed E-state index contributed by atoms with van der Waals surface area (Å²) in [7, 11) is 0. The molecule has 0 saturated heterocycles. The molecule has 3 aromatic carbocycles. The van der Waals surface area contributed by atoms with Crippen molar-refractivity contribution < 1.29 is 29.2 Å². The van der Waals surface area contributed by atoms with E-state index < -0.39 is 12.1 Å². The minimum absolute atomic E-state index is 0.191. The molecule has 6 nitrogen and oxygen atoms in total. The number of hydrogen-bond donors (Lipinski definition) is 2. The van der Waals surface area contributed by atoms with Gasteiger partial charge in [0, 0.05) is 23.6 Å². The zero-order chi connectivity index (χ0) is 25.2. The van der Waals surface area contributed by atoms with Crippen LogP contribution >= 0.6 is 0 Å². The predicted molar refractivity (Wildman–Crippen MR) is 137 cm³/mol. The van der Waals surface area contributed by atoms with E-state index in [1.807, 2.05) is 42.5 Å². The van der Waals surface area contributed by atoms with E-state index in [1.165, 1.54) is 6.92 Å². The molecule has 3 rings (SSSR count). The second-order valence-corrected chi connectivity index (χ2v) is 8.33. The molecule has 3 aromatic rings. The highest BCUT2D eigenvalue weighted by atomic mass is 16.5. The van der Waals surface area contributed by atoms with Crippen LogP contribution in [0.4, 0.5) is 0 Å². The van der Waals surface area contributed by atoms with E-state index in [4.69, 9.17) is 19.3 Å². The average Bonchev–Trinajstić information content (AvgIpc) is 2.86. The van der Waals surface area contributed by atoms with E-state index in [-0.39, 0.29) is 5.75 Å². The minimum atomic E-state index is -1.01. The number of carboxylic acid groups (broad SMARTS) is 1. The third-order valence-electron chi connectivity index (χ3n) is 5.69. The van der Waals surface area contributed by atoms with Gasteiger partial charge in [-0.3, -0.25) is 0 Å². The van der Waals surface area contributed by atoms with Gasteiger partial charge in [-0.15, -0.1) is 0 Å². The Balaban J connectivity index is 1.61. The van der Waals surface area contributed by atoms with E-state index in [0.29, 0.717) is 36.9 Å². The van der Waals surface area contributed by atoms with Crippen LogP contribution in [-0.2, 0) is 17.6 Å². The van der Waals surface area contributed by atoms with Crippen LogP contribution in [0.2, 0.25) is 0 Å². The molecule has 1 atom stereocenters. The summed E-state index contributed by atoms with van der Waals surface area (Å²) in [4.78, 5) is 11.2. The lowest BCUT2D eigenvalue weighted by molar-refractivity contribution is -0.144. The van der Waals surface area contributed by atoms with Crippen LogP contribution < -0.4 is 14.2 Å². The number of phenolic OH excluding ortho intramolecular Hbond substituents is 1. The first kappa shape index (κ1) is 25.9. The van der Waals surface area contributed by atoms with Gasteiger partial charge in [-0.2, -0.15) is 0 Å². The first-order valence-electron chi connectivity index (χ1n) is 12.1. The summed E-state index contributed by atoms with van der Waals surface area (Å²) in [5.41, 5.74) is 3.66. The van der Waals surface area contributed by atoms with E-state index in [2.05, 4.69) is 13.8 Å². The summed E-state index contributed by atoms with van der Waals surface area (Å²) in [6, 6.07) is 18.9. The zero-order valence-electron chi connectivity index (χ0n) is 20.6. The van der Waals surface area contributed by atoms with Gasteiger partial charge in [-0.1, -0.05) is 56.7 Å². The second-order valence-electron chi connectivity index (χ2n) is 8.33. The van der Waals surface area contributed by atoms with Crippen molar-refractivity contribution in [2.75, 3.05) is 13.2 Å². The number of carbonyl (C=O) groups is 1. The molecule has 0 aliphatic heterocycles. The van der Waals surface area contributed by atoms with Gasteiger partial charge in [0.1, 0.15) is 23.0 Å². The number of ether oxygens (including phenoxy) is 3. The summed E-state index contributed by atoms with van der Waals surface area (Å²) in [5.74, 6) is 1.09. The lowest BCUT2D eigenvalue weighted by Gasteiger charge is -2.18. The quantitative estimate of drug-likeness (QED) is 0.282. The Labute approximate surface area is 207 Å². The van der Waals surface area contributed by atoms with E-state index >= 15 is 0 Å². The molecule has 0 amide bonds. The maximum Gasteiger partial charge on any atom is 0.344 e. The van der Waals surface area contributed by atoms with Gasteiger partial charge in [0.25, 0.3) is 0 Å². The van der Waals surface area contributed by atoms with Crippen LogP contribution in [-0.4, -0.2) is 35.5 Å². The molecule has 2 N–H and O–H groups in total. The van der Waals surface area contributed by atoms with Gasteiger partial charge >= 0.3 is 5.97 Å². The number of carboxylic acids is 1. The first-order valence-corrected chi connectivity index (χ1v) is 12.1. The van der Waals surface area contributed by atoms with Gasteiger partial charge < -0.3 is 24.4 Å². The standard InChI is InChI=1S/C29H34O6/c1-4-11-23-26(14-9-15-27(23)35-20(3)29(31)32)33-16-10-17-34-28-19-25(30)24(18-21(28)5-2)22-12-7-6-8-13-22/h6-9,12-15,18-20,30H,4-5,10-11,16-17H2,1-3H3,(H,31,32). The largest absolute Gasteiger partial charge is 0.507 e. The van der Waals surface area contributed by atoms with Crippen molar-refractivity contribution >= 4 is 5.97 Å². The molecular weight excluding hydrogens is 444 g/mol. The minimum Gasteiger partial charge on any atom is -0.507 e. The molecule has 0 radical (unpaired) electrons. The van der Waals surface area contributed by atoms with Gasteiger partial charge in [0.2, 0.25) is 0 Å². The highest BCUT2D eigenvalue weighted by Gasteiger charge is 2.17. The summed E-state index contributed by atoms with van der Waals surface area (Å²) < 4.78 is 17.6. The maximum atomic E-state index is 11.2. The van der Waals surface area contributed by atoms with Crippen molar-refractivity contribution in [3.05, 3.63) is 71.8 Å². The lowest BCUT2D eigenvalue weighted by atomic mass is 10.00. The molecule has 0 heterocycles. The van der Waals surface area contributed by atoms with E-state index in [1.54, 1.807) is 18.2 Å². The molecule has 0 spiro atoms. The highest BCUT2D eigenvalue weighted by Crippen LogP contribution is 2.36. The van der Waals surface area contributed by atoms with Gasteiger partial charge in [0.05, 0.1) is 13.2 Å². The fourth-order valence-corrected chi connectivity index (χ4v) is 3.83. The Kier molecular flexibility index (Phi) is 9.41. The van der Waals surface area contributed by atoms with Crippen molar-refractivity contribution in [1.29, 1.82) is 0 Å². The Hall–Kier alpha value is -3.67. The molecule has 186 valence electrons. The molecule has 0 fully saturated rings. The molecule has 6 heteroatoms. The number of benzene rings is 3. The summed E-state index contributed by atoms with van der Waals surface area (Å²) in [6.45, 7) is 6.50. The Morgan fingerprint density at radius 1 is 0.914 bits per heavy atom. The SMILES string of the molecule is CCCc1c(OCCCOc2cc(O)c(-c3ccccc3)cc2CC)cccc1OC(C)C(=O)O. The number of hydrogen-bond acceptors (Lipinski definition) is 5. The molecular formula is C29H34O6. The van der Waals surface area contributed by atoms with E-state index in [9.17, 15) is 9.90 Å². The number of phenols is 1. The smallest absolute Gasteiger partial charge is 0.344 e. The fourth-order valence-electron chi connectivity index (χ4n) is 3.83. The topological polar surface area (TPSA) is 85.2 Å². The van der Waals surface area contributed by atoms with Gasteiger partial charge in [-0.25, -0.2) is 4.79 Å². The molecule has 0 aromatic heterocycles. The number of rotatable bonds is 13. The summed E-state index contributed by atoms with van der Waals surface area (Å²) >= 11 is 0. The van der Waals surface area contributed by atoms with Crippen LogP contribution in [0.25, 0.3) is 11.1 Å². The average molecular weight is 479 g/mol. The molecule has 0 saturated carbocycles. The fraction of sp³-hybridized carbons (Fsp3) is 0.345. The lowest BCUT2D eigenvalue weighted by Crippen LogP contribution is -2.23. The number of aliphatic carboxylic acids is 1. The Morgan fingerprint density at radius 2 is 1.60 bits per heavy atom. The first-order chi connectivity index (χ1) is 16.9. The predicted octanol–water partition coefficient (Wildman–Crippen LogP) is 6.27. The van der Waals surface area contributed by atoms with Gasteiger partial charge in [0.15, 0.2) is 6.10 Å². The number of aromatic hydroxyl groups is 1. The molecule has 0 bridgehead atoms. The highest BCUT2D eigenvalue weighted by molar-refractivity contribution is 5.73. The Morgan fingerprint density at radius 3 is 2.26 bits per heavy atom. The van der Waals surface area contributed by atoms with Crippen molar-refractivity contribution in [3.63, 3.8) is 0 Å². The Bertz CT molecular complexity index is 1110. The van der Waals surface area contributed by atoms with Crippen LogP contribution in [0, 0.1) is 0 Å². The second kappa shape index (κ2) is 12.7. The molecule has 0 aliphatic carbocycles. The summed E-state index contributed by atoms with van der Waals surface area (Å²) in [5, 5.41) is 19.7. The van der Waals surface area contributed by atoms with E-state index in [0.717, 1.165) is 41.5 Å². The van der Waals surface area contributed by atoms with Crippen molar-refractivity contribution in [2.45, 2.75) is 52.6 Å². The monoisotopic (exact) mass is 478 g/mol.